The Morgan fingerprint density at radius 1 is 1.67 bits per heavy atom. The summed E-state index contributed by atoms with van der Waals surface area (Å²) in [6.45, 7) is 3.78. The molecule has 1 aliphatic heterocycles. The maximum Gasteiger partial charge on any atom is 0.224 e. The van der Waals surface area contributed by atoms with Gasteiger partial charge in [0.25, 0.3) is 0 Å². The topological polar surface area (TPSA) is 59.0 Å². The molecule has 18 heavy (non-hydrogen) atoms. The Kier molecular flexibility index (Phi) is 4.36. The molecule has 1 aromatic heterocycles. The molecule has 100 valence electrons. The number of piperidine rings is 1. The molecule has 0 bridgehead atoms. The monoisotopic (exact) mass is 250 g/mol. The maximum absolute atomic E-state index is 12.0. The van der Waals surface area contributed by atoms with Crippen LogP contribution in [0.3, 0.4) is 0 Å². The number of rotatable bonds is 4. The van der Waals surface area contributed by atoms with Gasteiger partial charge in [0.1, 0.15) is 0 Å². The largest absolute Gasteiger partial charge is 0.355 e. The van der Waals surface area contributed by atoms with Crippen molar-refractivity contribution < 1.29 is 4.79 Å². The Hall–Kier alpha value is -1.36. The van der Waals surface area contributed by atoms with Crippen molar-refractivity contribution in [2.45, 2.75) is 32.2 Å². The summed E-state index contributed by atoms with van der Waals surface area (Å²) in [6, 6.07) is 2.27. The number of amides is 1. The summed E-state index contributed by atoms with van der Waals surface area (Å²) in [5.74, 6) is 0.285. The molecule has 1 fully saturated rings. The third-order valence-corrected chi connectivity index (χ3v) is 3.55. The highest BCUT2D eigenvalue weighted by Crippen LogP contribution is 2.16. The van der Waals surface area contributed by atoms with E-state index in [4.69, 9.17) is 0 Å². The first kappa shape index (κ1) is 13.1. The molecule has 2 unspecified atom stereocenters. The van der Waals surface area contributed by atoms with E-state index in [1.165, 1.54) is 0 Å². The average molecular weight is 250 g/mol. The molecule has 0 radical (unpaired) electrons. The number of aromatic nitrogens is 2. The SMILES string of the molecule is CC1NCCCC1C(=O)NCCc1ccn(C)n1. The van der Waals surface area contributed by atoms with Gasteiger partial charge in [-0.25, -0.2) is 0 Å². The predicted molar refractivity (Wildman–Crippen MR) is 70.1 cm³/mol. The molecule has 1 aliphatic rings. The fourth-order valence-corrected chi connectivity index (χ4v) is 2.44. The lowest BCUT2D eigenvalue weighted by Crippen LogP contribution is -2.47. The molecule has 2 heterocycles. The molecule has 5 nitrogen and oxygen atoms in total. The molecule has 1 aromatic rings. The molecule has 2 atom stereocenters. The molecule has 2 rings (SSSR count). The van der Waals surface area contributed by atoms with E-state index in [0.29, 0.717) is 6.54 Å². The summed E-state index contributed by atoms with van der Waals surface area (Å²) in [4.78, 5) is 12.0. The van der Waals surface area contributed by atoms with Crippen LogP contribution in [0.15, 0.2) is 12.3 Å². The zero-order chi connectivity index (χ0) is 13.0. The molecule has 1 saturated heterocycles. The zero-order valence-corrected chi connectivity index (χ0v) is 11.1. The van der Waals surface area contributed by atoms with Crippen LogP contribution in [0, 0.1) is 5.92 Å². The van der Waals surface area contributed by atoms with Gasteiger partial charge in [0.15, 0.2) is 0 Å². The fourth-order valence-electron chi connectivity index (χ4n) is 2.44. The molecule has 0 saturated carbocycles. The molecule has 0 aromatic carbocycles. The van der Waals surface area contributed by atoms with Gasteiger partial charge in [-0.15, -0.1) is 0 Å². The lowest BCUT2D eigenvalue weighted by molar-refractivity contribution is -0.126. The maximum atomic E-state index is 12.0. The molecule has 0 spiro atoms. The third kappa shape index (κ3) is 3.32. The van der Waals surface area contributed by atoms with Crippen LogP contribution < -0.4 is 10.6 Å². The lowest BCUT2D eigenvalue weighted by atomic mass is 9.91. The molecule has 0 aliphatic carbocycles. The Labute approximate surface area is 108 Å². The first-order valence-electron chi connectivity index (χ1n) is 6.66. The summed E-state index contributed by atoms with van der Waals surface area (Å²) < 4.78 is 1.78. The van der Waals surface area contributed by atoms with Gasteiger partial charge in [-0.05, 0) is 32.4 Å². The van der Waals surface area contributed by atoms with Crippen LogP contribution >= 0.6 is 0 Å². The number of hydrogen-bond acceptors (Lipinski definition) is 3. The van der Waals surface area contributed by atoms with Crippen molar-refractivity contribution in [1.29, 1.82) is 0 Å². The highest BCUT2D eigenvalue weighted by Gasteiger charge is 2.26. The highest BCUT2D eigenvalue weighted by atomic mass is 16.1. The van der Waals surface area contributed by atoms with Crippen LogP contribution in [-0.4, -0.2) is 34.8 Å². The molecule has 1 amide bonds. The minimum absolute atomic E-state index is 0.113. The van der Waals surface area contributed by atoms with E-state index in [0.717, 1.165) is 31.5 Å². The Balaban J connectivity index is 1.74. The number of aryl methyl sites for hydroxylation is 1. The first-order valence-corrected chi connectivity index (χ1v) is 6.66. The molecule has 2 N–H and O–H groups in total. The highest BCUT2D eigenvalue weighted by molar-refractivity contribution is 5.79. The third-order valence-electron chi connectivity index (χ3n) is 3.55. The van der Waals surface area contributed by atoms with E-state index in [-0.39, 0.29) is 17.9 Å². The average Bonchev–Trinajstić information content (AvgIpc) is 2.75. The van der Waals surface area contributed by atoms with Crippen LogP contribution in [-0.2, 0) is 18.3 Å². The van der Waals surface area contributed by atoms with E-state index < -0.39 is 0 Å². The van der Waals surface area contributed by atoms with Gasteiger partial charge in [-0.2, -0.15) is 5.10 Å². The second-order valence-corrected chi connectivity index (χ2v) is 5.01. The van der Waals surface area contributed by atoms with Crippen LogP contribution in [0.2, 0.25) is 0 Å². The Morgan fingerprint density at radius 3 is 3.17 bits per heavy atom. The van der Waals surface area contributed by atoms with Crippen LogP contribution in [0.1, 0.15) is 25.5 Å². The van der Waals surface area contributed by atoms with Crippen LogP contribution in [0.4, 0.5) is 0 Å². The second-order valence-electron chi connectivity index (χ2n) is 5.01. The zero-order valence-electron chi connectivity index (χ0n) is 11.1. The molecular formula is C13H22N4O. The van der Waals surface area contributed by atoms with Crippen LogP contribution in [0.5, 0.6) is 0 Å². The summed E-state index contributed by atoms with van der Waals surface area (Å²) in [5.41, 5.74) is 1.02. The van der Waals surface area contributed by atoms with Crippen LogP contribution in [0.25, 0.3) is 0 Å². The Morgan fingerprint density at radius 2 is 2.50 bits per heavy atom. The van der Waals surface area contributed by atoms with E-state index in [1.54, 1.807) is 4.68 Å². The van der Waals surface area contributed by atoms with Gasteiger partial charge in [0.05, 0.1) is 11.6 Å². The van der Waals surface area contributed by atoms with Gasteiger partial charge in [-0.3, -0.25) is 9.48 Å². The predicted octanol–water partition coefficient (Wildman–Crippen LogP) is 0.467. The Bertz CT molecular complexity index is 401. The summed E-state index contributed by atoms with van der Waals surface area (Å²) >= 11 is 0. The standard InChI is InChI=1S/C13H22N4O/c1-10-12(4-3-7-14-10)13(18)15-8-5-11-6-9-17(2)16-11/h6,9-10,12,14H,3-5,7-8H2,1-2H3,(H,15,18). The van der Waals surface area contributed by atoms with Crippen molar-refractivity contribution in [3.05, 3.63) is 18.0 Å². The van der Waals surface area contributed by atoms with Gasteiger partial charge in [0.2, 0.25) is 5.91 Å². The minimum Gasteiger partial charge on any atom is -0.355 e. The minimum atomic E-state index is 0.113. The van der Waals surface area contributed by atoms with Crippen molar-refractivity contribution in [1.82, 2.24) is 20.4 Å². The van der Waals surface area contributed by atoms with Crippen molar-refractivity contribution >= 4 is 5.91 Å². The van der Waals surface area contributed by atoms with E-state index >= 15 is 0 Å². The lowest BCUT2D eigenvalue weighted by Gasteiger charge is -2.28. The van der Waals surface area contributed by atoms with Gasteiger partial charge in [0, 0.05) is 32.3 Å². The number of carbonyl (C=O) groups is 1. The fraction of sp³-hybridized carbons (Fsp3) is 0.692. The van der Waals surface area contributed by atoms with Crippen molar-refractivity contribution in [3.8, 4) is 0 Å². The quantitative estimate of drug-likeness (QED) is 0.816. The number of carbonyl (C=O) groups excluding carboxylic acids is 1. The first-order chi connectivity index (χ1) is 8.66. The molecule has 5 heteroatoms. The summed E-state index contributed by atoms with van der Waals surface area (Å²) in [6.07, 6.45) is 4.79. The normalized spacial score (nSPS) is 23.9. The van der Waals surface area contributed by atoms with Gasteiger partial charge < -0.3 is 10.6 Å². The smallest absolute Gasteiger partial charge is 0.224 e. The summed E-state index contributed by atoms with van der Waals surface area (Å²) in [5, 5.41) is 10.6. The van der Waals surface area contributed by atoms with Crippen molar-refractivity contribution in [3.63, 3.8) is 0 Å². The number of hydrogen-bond donors (Lipinski definition) is 2. The van der Waals surface area contributed by atoms with Gasteiger partial charge in [-0.1, -0.05) is 0 Å². The number of nitrogens with one attached hydrogen (secondary N) is 2. The molecular weight excluding hydrogens is 228 g/mol. The van der Waals surface area contributed by atoms with Gasteiger partial charge >= 0.3 is 0 Å². The van der Waals surface area contributed by atoms with Crippen molar-refractivity contribution in [2.24, 2.45) is 13.0 Å². The summed E-state index contributed by atoms with van der Waals surface area (Å²) in [7, 11) is 1.90. The van der Waals surface area contributed by atoms with Crippen molar-refractivity contribution in [2.75, 3.05) is 13.1 Å². The van der Waals surface area contributed by atoms with E-state index in [9.17, 15) is 4.79 Å². The van der Waals surface area contributed by atoms with E-state index in [1.807, 2.05) is 19.3 Å². The number of nitrogens with zero attached hydrogens (tertiary/aromatic N) is 2. The second kappa shape index (κ2) is 6.00. The van der Waals surface area contributed by atoms with E-state index in [2.05, 4.69) is 22.7 Å².